The minimum Gasteiger partial charge on any atom is -0.382 e. The maximum absolute atomic E-state index is 10.7. The van der Waals surface area contributed by atoms with Crippen molar-refractivity contribution in [3.63, 3.8) is 0 Å². The molecule has 0 bridgehead atoms. The van der Waals surface area contributed by atoms with Crippen LogP contribution in [0, 0.1) is 0 Å². The first-order valence-electron chi connectivity index (χ1n) is 8.24. The Morgan fingerprint density at radius 3 is 2.23 bits per heavy atom. The lowest BCUT2D eigenvalue weighted by molar-refractivity contribution is -0.104. The zero-order valence-corrected chi connectivity index (χ0v) is 14.0. The second-order valence-corrected chi connectivity index (χ2v) is 6.12. The second kappa shape index (κ2) is 6.40. The van der Waals surface area contributed by atoms with Gasteiger partial charge in [0.1, 0.15) is 6.29 Å². The Labute approximate surface area is 150 Å². The van der Waals surface area contributed by atoms with Gasteiger partial charge in [0.05, 0.1) is 5.69 Å². The highest BCUT2D eigenvalue weighted by Crippen LogP contribution is 2.42. The minimum atomic E-state index is -0.391. The van der Waals surface area contributed by atoms with Crippen LogP contribution in [0.5, 0.6) is 0 Å². The smallest absolute Gasteiger partial charge is 0.153 e. The van der Waals surface area contributed by atoms with Crippen molar-refractivity contribution in [2.75, 3.05) is 5.73 Å². The van der Waals surface area contributed by atoms with Crippen molar-refractivity contribution in [2.24, 2.45) is 0 Å². The van der Waals surface area contributed by atoms with E-state index < -0.39 is 5.41 Å². The Morgan fingerprint density at radius 1 is 1.04 bits per heavy atom. The van der Waals surface area contributed by atoms with Gasteiger partial charge in [0, 0.05) is 48.4 Å². The lowest BCUT2D eigenvalue weighted by Gasteiger charge is -2.34. The van der Waals surface area contributed by atoms with Crippen LogP contribution < -0.4 is 5.73 Å². The summed E-state index contributed by atoms with van der Waals surface area (Å²) in [5, 5.41) is 4.36. The molecule has 1 aliphatic carbocycles. The Bertz CT molecular complexity index is 950. The molecule has 128 valence electrons. The van der Waals surface area contributed by atoms with E-state index in [0.29, 0.717) is 12.2 Å². The lowest BCUT2D eigenvalue weighted by atomic mass is 9.69. The van der Waals surface area contributed by atoms with Gasteiger partial charge in [-0.1, -0.05) is 12.2 Å². The van der Waals surface area contributed by atoms with Crippen LogP contribution in [0.4, 0.5) is 5.82 Å². The van der Waals surface area contributed by atoms with Gasteiger partial charge >= 0.3 is 0 Å². The summed E-state index contributed by atoms with van der Waals surface area (Å²) in [6, 6.07) is 8.06. The molecule has 6 heteroatoms. The maximum atomic E-state index is 10.7. The second-order valence-electron chi connectivity index (χ2n) is 6.12. The van der Waals surface area contributed by atoms with Gasteiger partial charge in [-0.2, -0.15) is 5.10 Å². The van der Waals surface area contributed by atoms with E-state index in [0.717, 1.165) is 28.7 Å². The van der Waals surface area contributed by atoms with Crippen LogP contribution >= 0.6 is 0 Å². The van der Waals surface area contributed by atoms with Gasteiger partial charge in [-0.3, -0.25) is 14.8 Å². The molecule has 2 N–H and O–H groups in total. The molecule has 0 unspecified atom stereocenters. The lowest BCUT2D eigenvalue weighted by Crippen LogP contribution is -2.31. The third-order valence-corrected chi connectivity index (χ3v) is 4.76. The first-order chi connectivity index (χ1) is 12.7. The van der Waals surface area contributed by atoms with E-state index in [9.17, 15) is 4.79 Å². The topological polar surface area (TPSA) is 86.7 Å². The number of pyridine rings is 2. The number of nitrogens with zero attached hydrogens (tertiary/aromatic N) is 4. The van der Waals surface area contributed by atoms with Crippen molar-refractivity contribution < 1.29 is 4.79 Å². The molecular formula is C20H17N5O. The standard InChI is InChI=1S/C20H17N5O/c21-19-17-2-7-20(15-3-8-22-9-4-15,16-5-10-23-11-6-16)14-18(17)25(24-19)12-1-13-26/h1-13H,14H2,(H2,21,24). The minimum absolute atomic E-state index is 0.391. The molecule has 6 nitrogen and oxygen atoms in total. The first kappa shape index (κ1) is 16.0. The van der Waals surface area contributed by atoms with Crippen LogP contribution in [0.25, 0.3) is 12.3 Å². The van der Waals surface area contributed by atoms with Gasteiger partial charge in [-0.15, -0.1) is 0 Å². The average molecular weight is 343 g/mol. The highest BCUT2D eigenvalue weighted by atomic mass is 16.1. The summed E-state index contributed by atoms with van der Waals surface area (Å²) in [5.74, 6) is 0.449. The number of aldehydes is 1. The number of aromatic nitrogens is 4. The summed E-state index contributed by atoms with van der Waals surface area (Å²) in [6.45, 7) is 0. The highest BCUT2D eigenvalue weighted by molar-refractivity contribution is 5.73. The van der Waals surface area contributed by atoms with Crippen LogP contribution in [0.2, 0.25) is 0 Å². The predicted molar refractivity (Wildman–Crippen MR) is 100 cm³/mol. The van der Waals surface area contributed by atoms with Crippen LogP contribution in [0.3, 0.4) is 0 Å². The largest absolute Gasteiger partial charge is 0.382 e. The van der Waals surface area contributed by atoms with E-state index in [1.807, 2.05) is 30.3 Å². The van der Waals surface area contributed by atoms with Crippen molar-refractivity contribution in [3.05, 3.63) is 83.6 Å². The van der Waals surface area contributed by atoms with Crippen molar-refractivity contribution in [1.82, 2.24) is 19.7 Å². The monoisotopic (exact) mass is 343 g/mol. The molecule has 0 radical (unpaired) electrons. The molecule has 0 spiro atoms. The van der Waals surface area contributed by atoms with E-state index in [-0.39, 0.29) is 0 Å². The zero-order valence-electron chi connectivity index (χ0n) is 14.0. The average Bonchev–Trinajstić information content (AvgIpc) is 3.02. The molecule has 26 heavy (non-hydrogen) atoms. The predicted octanol–water partition coefficient (Wildman–Crippen LogP) is 2.48. The zero-order chi connectivity index (χ0) is 18.0. The Hall–Kier alpha value is -3.54. The molecule has 0 fully saturated rings. The molecule has 4 rings (SSSR count). The van der Waals surface area contributed by atoms with Crippen LogP contribution in [0.15, 0.2) is 61.2 Å². The van der Waals surface area contributed by atoms with E-state index in [1.165, 1.54) is 6.08 Å². The first-order valence-corrected chi connectivity index (χ1v) is 8.24. The molecular weight excluding hydrogens is 326 g/mol. The molecule has 3 aromatic rings. The normalized spacial score (nSPS) is 15.1. The van der Waals surface area contributed by atoms with E-state index >= 15 is 0 Å². The number of nitrogen functional groups attached to an aromatic ring is 1. The number of nitrogens with two attached hydrogens (primary N) is 1. The fourth-order valence-corrected chi connectivity index (χ4v) is 3.51. The molecule has 0 amide bonds. The Kier molecular flexibility index (Phi) is 3.93. The summed E-state index contributed by atoms with van der Waals surface area (Å²) in [6.07, 6.45) is 15.7. The number of carbonyl (C=O) groups is 1. The van der Waals surface area contributed by atoms with Crippen LogP contribution in [-0.2, 0) is 16.6 Å². The summed E-state index contributed by atoms with van der Waals surface area (Å²) >= 11 is 0. The van der Waals surface area contributed by atoms with Gasteiger partial charge < -0.3 is 5.73 Å². The number of anilines is 1. The summed E-state index contributed by atoms with van der Waals surface area (Å²) in [7, 11) is 0. The van der Waals surface area contributed by atoms with E-state index in [1.54, 1.807) is 35.7 Å². The fourth-order valence-electron chi connectivity index (χ4n) is 3.51. The third-order valence-electron chi connectivity index (χ3n) is 4.76. The molecule has 0 atom stereocenters. The van der Waals surface area contributed by atoms with Gasteiger partial charge in [0.15, 0.2) is 5.82 Å². The Morgan fingerprint density at radius 2 is 1.65 bits per heavy atom. The fraction of sp³-hybridized carbons (Fsp3) is 0.100. The molecule has 0 aliphatic heterocycles. The Balaban J connectivity index is 1.92. The van der Waals surface area contributed by atoms with Gasteiger partial charge in [-0.25, -0.2) is 4.68 Å². The van der Waals surface area contributed by atoms with Crippen molar-refractivity contribution in [2.45, 2.75) is 11.8 Å². The van der Waals surface area contributed by atoms with Gasteiger partial charge in [0.25, 0.3) is 0 Å². The maximum Gasteiger partial charge on any atom is 0.153 e. The SMILES string of the molecule is Nc1nn(C=CC=O)c2c1C=CC(c1ccncc1)(c1ccncc1)C2. The summed E-state index contributed by atoms with van der Waals surface area (Å²) in [4.78, 5) is 19.0. The molecule has 0 saturated heterocycles. The van der Waals surface area contributed by atoms with E-state index in [4.69, 9.17) is 5.73 Å². The van der Waals surface area contributed by atoms with Gasteiger partial charge in [0.2, 0.25) is 0 Å². The molecule has 0 aromatic carbocycles. The molecule has 1 aliphatic rings. The highest BCUT2D eigenvalue weighted by Gasteiger charge is 2.37. The van der Waals surface area contributed by atoms with E-state index in [2.05, 4.69) is 21.1 Å². The van der Waals surface area contributed by atoms with Crippen LogP contribution in [-0.4, -0.2) is 26.0 Å². The third kappa shape index (κ3) is 2.52. The van der Waals surface area contributed by atoms with Crippen molar-refractivity contribution in [1.29, 1.82) is 0 Å². The number of rotatable bonds is 4. The van der Waals surface area contributed by atoms with Gasteiger partial charge in [-0.05, 0) is 41.5 Å². The summed E-state index contributed by atoms with van der Waals surface area (Å²) < 4.78 is 1.68. The summed E-state index contributed by atoms with van der Waals surface area (Å²) in [5.41, 5.74) is 9.76. The quantitative estimate of drug-likeness (QED) is 0.581. The number of allylic oxidation sites excluding steroid dienone is 2. The van der Waals surface area contributed by atoms with Crippen LogP contribution in [0.1, 0.15) is 22.4 Å². The molecule has 0 saturated carbocycles. The number of hydrogen-bond donors (Lipinski definition) is 1. The number of carbonyl (C=O) groups excluding carboxylic acids is 1. The number of fused-ring (bicyclic) bond motifs is 1. The van der Waals surface area contributed by atoms with Crippen molar-refractivity contribution >= 4 is 24.4 Å². The molecule has 3 heterocycles. The number of hydrogen-bond acceptors (Lipinski definition) is 5. The van der Waals surface area contributed by atoms with Crippen molar-refractivity contribution in [3.8, 4) is 0 Å². The molecule has 3 aromatic heterocycles.